The first-order valence-corrected chi connectivity index (χ1v) is 13.5. The lowest BCUT2D eigenvalue weighted by Crippen LogP contribution is -2.46. The van der Waals surface area contributed by atoms with Crippen molar-refractivity contribution in [1.29, 1.82) is 0 Å². The van der Waals surface area contributed by atoms with Gasteiger partial charge >= 0.3 is 21.6 Å². The molecule has 0 saturated carbocycles. The van der Waals surface area contributed by atoms with Gasteiger partial charge in [0.05, 0.1) is 12.5 Å². The molecular formula is C28H27F4NO6S. The minimum Gasteiger partial charge on any atom is -0.458 e. The fraction of sp³-hybridized carbons (Fsp3) is 0.286. The molecule has 1 saturated heterocycles. The average molecular weight is 582 g/mol. The van der Waals surface area contributed by atoms with Crippen molar-refractivity contribution in [2.45, 2.75) is 51.3 Å². The zero-order valence-corrected chi connectivity index (χ0v) is 22.6. The number of halogens is 4. The summed E-state index contributed by atoms with van der Waals surface area (Å²) in [5.41, 5.74) is -2.21. The molecule has 0 bridgehead atoms. The van der Waals surface area contributed by atoms with Crippen molar-refractivity contribution >= 4 is 27.7 Å². The quantitative estimate of drug-likeness (QED) is 0.103. The van der Waals surface area contributed by atoms with E-state index in [2.05, 4.69) is 4.18 Å². The van der Waals surface area contributed by atoms with Gasteiger partial charge in [-0.1, -0.05) is 48.9 Å². The van der Waals surface area contributed by atoms with Gasteiger partial charge in [-0.25, -0.2) is 4.39 Å². The molecule has 0 radical (unpaired) electrons. The second-order valence-corrected chi connectivity index (χ2v) is 10.5. The first-order valence-electron chi connectivity index (χ1n) is 12.1. The molecule has 0 aromatic heterocycles. The molecule has 40 heavy (non-hydrogen) atoms. The van der Waals surface area contributed by atoms with Crippen LogP contribution in [-0.2, 0) is 24.4 Å². The Morgan fingerprint density at radius 3 is 2.05 bits per heavy atom. The number of hydrogen-bond acceptors (Lipinski definition) is 6. The number of carbonyl (C=O) groups is 2. The van der Waals surface area contributed by atoms with Gasteiger partial charge in [0.25, 0.3) is 0 Å². The summed E-state index contributed by atoms with van der Waals surface area (Å²) in [6, 6.07) is 18.3. The summed E-state index contributed by atoms with van der Waals surface area (Å²) in [7, 11) is -5.72. The predicted molar refractivity (Wildman–Crippen MR) is 139 cm³/mol. The second kappa shape index (κ2) is 12.5. The lowest BCUT2D eigenvalue weighted by Gasteiger charge is -2.40. The second-order valence-electron chi connectivity index (χ2n) is 8.93. The van der Waals surface area contributed by atoms with E-state index in [1.165, 1.54) is 36.1 Å². The Morgan fingerprint density at radius 2 is 1.57 bits per heavy atom. The van der Waals surface area contributed by atoms with E-state index in [4.69, 9.17) is 4.74 Å². The minimum atomic E-state index is -5.72. The third-order valence-electron chi connectivity index (χ3n) is 5.94. The molecule has 1 aliphatic rings. The molecule has 7 nitrogen and oxygen atoms in total. The van der Waals surface area contributed by atoms with E-state index in [9.17, 15) is 35.6 Å². The average Bonchev–Trinajstić information content (AvgIpc) is 2.87. The van der Waals surface area contributed by atoms with Gasteiger partial charge in [-0.15, -0.1) is 0 Å². The summed E-state index contributed by atoms with van der Waals surface area (Å²) in [6.07, 6.45) is 0.739. The third-order valence-corrected chi connectivity index (χ3v) is 6.91. The van der Waals surface area contributed by atoms with E-state index < -0.39 is 21.4 Å². The van der Waals surface area contributed by atoms with E-state index in [0.717, 1.165) is 28.8 Å². The highest BCUT2D eigenvalue weighted by Crippen LogP contribution is 2.39. The summed E-state index contributed by atoms with van der Waals surface area (Å²) in [6.45, 7) is 5.23. The van der Waals surface area contributed by atoms with Crippen molar-refractivity contribution < 1.29 is 44.5 Å². The van der Waals surface area contributed by atoms with Gasteiger partial charge in [0.2, 0.25) is 5.91 Å². The van der Waals surface area contributed by atoms with Crippen LogP contribution in [0.2, 0.25) is 0 Å². The van der Waals surface area contributed by atoms with Gasteiger partial charge in [-0.2, -0.15) is 21.6 Å². The van der Waals surface area contributed by atoms with Crippen LogP contribution in [0, 0.1) is 12.7 Å². The molecule has 2 atom stereocenters. The van der Waals surface area contributed by atoms with Gasteiger partial charge in [0.15, 0.2) is 0 Å². The van der Waals surface area contributed by atoms with Crippen LogP contribution in [-0.4, -0.2) is 25.8 Å². The molecule has 1 heterocycles. The largest absolute Gasteiger partial charge is 0.534 e. The van der Waals surface area contributed by atoms with Crippen LogP contribution in [0.15, 0.2) is 72.8 Å². The molecule has 0 N–H and O–H groups in total. The lowest BCUT2D eigenvalue weighted by molar-refractivity contribution is -0.146. The Labute approximate surface area is 229 Å². The Morgan fingerprint density at radius 1 is 1.00 bits per heavy atom. The maximum atomic E-state index is 12.6. The van der Waals surface area contributed by atoms with Gasteiger partial charge in [0, 0.05) is 12.6 Å². The molecule has 214 valence electrons. The first-order chi connectivity index (χ1) is 18.7. The number of rotatable bonds is 7. The highest BCUT2D eigenvalue weighted by atomic mass is 32.2. The Balaban J connectivity index is 0.000000267. The van der Waals surface area contributed by atoms with Crippen LogP contribution in [0.5, 0.6) is 5.75 Å². The molecule has 3 aromatic rings. The number of benzene rings is 3. The number of ether oxygens (including phenoxy) is 1. The maximum absolute atomic E-state index is 12.6. The van der Waals surface area contributed by atoms with Crippen molar-refractivity contribution in [2.24, 2.45) is 0 Å². The molecule has 12 heteroatoms. The summed E-state index contributed by atoms with van der Waals surface area (Å²) in [5.74, 6) is -1.22. The Hall–Kier alpha value is -3.93. The van der Waals surface area contributed by atoms with Crippen LogP contribution in [0.4, 0.5) is 23.2 Å². The number of hydrogen-bond donors (Lipinski definition) is 0. The number of anilines is 1. The van der Waals surface area contributed by atoms with Gasteiger partial charge < -0.3 is 13.8 Å². The van der Waals surface area contributed by atoms with E-state index in [1.807, 2.05) is 38.1 Å². The molecule has 0 spiro atoms. The van der Waals surface area contributed by atoms with Crippen LogP contribution in [0.25, 0.3) is 0 Å². The summed E-state index contributed by atoms with van der Waals surface area (Å²) >= 11 is 0. The third kappa shape index (κ3) is 7.59. The summed E-state index contributed by atoms with van der Waals surface area (Å²) < 4.78 is 80.8. The number of carbonyl (C=O) groups excluding carboxylic acids is 2. The molecular weight excluding hydrogens is 554 g/mol. The number of amides is 1. The summed E-state index contributed by atoms with van der Waals surface area (Å²) in [4.78, 5) is 24.2. The number of β-lactam (4-membered cyclic amide) rings is 1. The SMILES string of the molecule is CCC(OC(C)=O)c1ccc(F)cc1.Cc1ccc(C2CC(=O)N2c2ccc(OS(=O)(=O)C(F)(F)F)cc2)cc1. The highest BCUT2D eigenvalue weighted by molar-refractivity contribution is 7.88. The zero-order chi connectivity index (χ0) is 29.7. The topological polar surface area (TPSA) is 90.0 Å². The van der Waals surface area contributed by atoms with Crippen molar-refractivity contribution in [3.63, 3.8) is 0 Å². The van der Waals surface area contributed by atoms with Gasteiger partial charge in [0.1, 0.15) is 17.7 Å². The van der Waals surface area contributed by atoms with Crippen LogP contribution in [0.1, 0.15) is 55.5 Å². The molecule has 1 amide bonds. The van der Waals surface area contributed by atoms with Gasteiger partial charge in [-0.05, 0) is 60.9 Å². The number of aryl methyl sites for hydroxylation is 1. The molecule has 2 unspecified atom stereocenters. The van der Waals surface area contributed by atoms with E-state index in [-0.39, 0.29) is 29.8 Å². The van der Waals surface area contributed by atoms with E-state index in [1.54, 1.807) is 12.1 Å². The predicted octanol–water partition coefficient (Wildman–Crippen LogP) is 6.54. The Bertz CT molecular complexity index is 1420. The lowest BCUT2D eigenvalue weighted by atomic mass is 9.92. The standard InChI is InChI=1S/C17H14F3NO4S.C11H13FO2/c1-11-2-4-12(5-3-11)15-10-16(22)21(15)13-6-8-14(9-7-13)25-26(23,24)17(18,19)20;1-3-11(14-8(2)13)9-4-6-10(12)7-5-9/h2-9,15H,10H2,1H3;4-7,11H,3H2,1-2H3. The smallest absolute Gasteiger partial charge is 0.458 e. The van der Waals surface area contributed by atoms with Crippen LogP contribution < -0.4 is 9.08 Å². The number of alkyl halides is 3. The van der Waals surface area contributed by atoms with Gasteiger partial charge in [-0.3, -0.25) is 9.59 Å². The molecule has 1 fully saturated rings. The normalized spacial score (nSPS) is 15.8. The molecule has 1 aliphatic heterocycles. The molecule has 0 aliphatic carbocycles. The number of esters is 1. The van der Waals surface area contributed by atoms with Crippen LogP contribution >= 0.6 is 0 Å². The molecule has 3 aromatic carbocycles. The fourth-order valence-corrected chi connectivity index (χ4v) is 4.36. The minimum absolute atomic E-state index is 0.132. The number of nitrogens with zero attached hydrogens (tertiary/aromatic N) is 1. The fourth-order valence-electron chi connectivity index (χ4n) is 3.90. The molecule has 4 rings (SSSR count). The van der Waals surface area contributed by atoms with E-state index >= 15 is 0 Å². The monoisotopic (exact) mass is 581 g/mol. The van der Waals surface area contributed by atoms with Crippen molar-refractivity contribution in [3.05, 3.63) is 95.3 Å². The van der Waals surface area contributed by atoms with E-state index in [0.29, 0.717) is 18.5 Å². The van der Waals surface area contributed by atoms with Crippen molar-refractivity contribution in [1.82, 2.24) is 0 Å². The zero-order valence-electron chi connectivity index (χ0n) is 21.8. The van der Waals surface area contributed by atoms with Crippen molar-refractivity contribution in [2.75, 3.05) is 4.90 Å². The Kier molecular flexibility index (Phi) is 9.56. The highest BCUT2D eigenvalue weighted by Gasteiger charge is 2.48. The first kappa shape index (κ1) is 30.6. The summed E-state index contributed by atoms with van der Waals surface area (Å²) in [5, 5.41) is 0. The maximum Gasteiger partial charge on any atom is 0.534 e. The van der Waals surface area contributed by atoms with Crippen molar-refractivity contribution in [3.8, 4) is 5.75 Å². The van der Waals surface area contributed by atoms with Crippen LogP contribution in [0.3, 0.4) is 0 Å².